The molecule has 1 heterocycles. The summed E-state index contributed by atoms with van der Waals surface area (Å²) in [6.07, 6.45) is 3.12. The molecule has 0 amide bonds. The Hall–Kier alpha value is -1.68. The predicted molar refractivity (Wildman–Crippen MR) is 74.6 cm³/mol. The van der Waals surface area contributed by atoms with Crippen molar-refractivity contribution in [3.8, 4) is 11.5 Å². The van der Waals surface area contributed by atoms with Crippen LogP contribution in [0.5, 0.6) is 11.5 Å². The maximum Gasteiger partial charge on any atom is 0.161 e. The van der Waals surface area contributed by atoms with Gasteiger partial charge in [-0.2, -0.15) is 0 Å². The highest BCUT2D eigenvalue weighted by atomic mass is 16.5. The number of hydrogen-bond acceptors (Lipinski definition) is 4. The summed E-state index contributed by atoms with van der Waals surface area (Å²) in [6, 6.07) is 6.03. The molecule has 0 aromatic heterocycles. The topological polar surface area (TPSA) is 39.7 Å². The summed E-state index contributed by atoms with van der Waals surface area (Å²) < 4.78 is 16.3. The van der Waals surface area contributed by atoms with Crippen molar-refractivity contribution in [2.24, 2.45) is 0 Å². The lowest BCUT2D eigenvalue weighted by Crippen LogP contribution is -2.23. The van der Waals surface area contributed by atoms with Crippen molar-refractivity contribution in [1.82, 2.24) is 5.32 Å². The maximum atomic E-state index is 5.68. The van der Waals surface area contributed by atoms with Crippen molar-refractivity contribution in [3.63, 3.8) is 0 Å². The molecule has 0 spiro atoms. The minimum absolute atomic E-state index is 0.0762. The zero-order valence-corrected chi connectivity index (χ0v) is 11.7. The first-order valence-electron chi connectivity index (χ1n) is 6.58. The Kier molecular flexibility index (Phi) is 4.68. The molecule has 1 N–H and O–H groups in total. The first kappa shape index (κ1) is 13.7. The molecule has 1 aromatic carbocycles. The summed E-state index contributed by atoms with van der Waals surface area (Å²) in [4.78, 5) is 0. The molecule has 1 atom stereocenters. The lowest BCUT2D eigenvalue weighted by Gasteiger charge is -2.20. The van der Waals surface area contributed by atoms with Gasteiger partial charge in [-0.15, -0.1) is 0 Å². The molecule has 104 valence electrons. The second-order valence-electron chi connectivity index (χ2n) is 4.35. The van der Waals surface area contributed by atoms with E-state index in [2.05, 4.69) is 18.3 Å². The second kappa shape index (κ2) is 6.48. The maximum absolute atomic E-state index is 5.68. The highest BCUT2D eigenvalue weighted by Crippen LogP contribution is 2.33. The normalized spacial score (nSPS) is 15.6. The quantitative estimate of drug-likeness (QED) is 0.856. The zero-order valence-electron chi connectivity index (χ0n) is 11.7. The molecule has 0 fully saturated rings. The average Bonchev–Trinajstić information content (AvgIpc) is 2.98. The summed E-state index contributed by atoms with van der Waals surface area (Å²) in [7, 11) is 3.29. The van der Waals surface area contributed by atoms with Gasteiger partial charge in [-0.3, -0.25) is 0 Å². The highest BCUT2D eigenvalue weighted by molar-refractivity contribution is 5.45. The van der Waals surface area contributed by atoms with E-state index < -0.39 is 0 Å². The Morgan fingerprint density at radius 1 is 1.26 bits per heavy atom. The van der Waals surface area contributed by atoms with Crippen LogP contribution in [0.4, 0.5) is 0 Å². The van der Waals surface area contributed by atoms with Gasteiger partial charge in [0.2, 0.25) is 0 Å². The number of benzene rings is 1. The minimum Gasteiger partial charge on any atom is -0.496 e. The van der Waals surface area contributed by atoms with Gasteiger partial charge in [-0.25, -0.2) is 0 Å². The summed E-state index contributed by atoms with van der Waals surface area (Å²) in [5.41, 5.74) is 1.12. The molecule has 0 saturated carbocycles. The van der Waals surface area contributed by atoms with Crippen LogP contribution in [0.25, 0.3) is 0 Å². The zero-order chi connectivity index (χ0) is 13.7. The molecular weight excluding hydrogens is 242 g/mol. The highest BCUT2D eigenvalue weighted by Gasteiger charge is 2.21. The van der Waals surface area contributed by atoms with Gasteiger partial charge in [0, 0.05) is 6.42 Å². The van der Waals surface area contributed by atoms with E-state index in [-0.39, 0.29) is 6.04 Å². The van der Waals surface area contributed by atoms with E-state index >= 15 is 0 Å². The van der Waals surface area contributed by atoms with E-state index in [4.69, 9.17) is 14.2 Å². The lowest BCUT2D eigenvalue weighted by molar-refractivity contribution is 0.216. The van der Waals surface area contributed by atoms with E-state index in [0.717, 1.165) is 42.4 Å². The van der Waals surface area contributed by atoms with Crippen LogP contribution < -0.4 is 14.8 Å². The molecule has 19 heavy (non-hydrogen) atoms. The molecule has 1 aliphatic heterocycles. The molecule has 2 rings (SSSR count). The SMILES string of the molecule is CCNC(C1=CCCO1)c1ccc(OC)c(OC)c1. The number of nitrogens with one attached hydrogen (secondary N) is 1. The van der Waals surface area contributed by atoms with E-state index in [0.29, 0.717) is 0 Å². The number of ether oxygens (including phenoxy) is 3. The van der Waals surface area contributed by atoms with Gasteiger partial charge in [0.25, 0.3) is 0 Å². The number of methoxy groups -OCH3 is 2. The molecule has 0 radical (unpaired) electrons. The first-order valence-corrected chi connectivity index (χ1v) is 6.58. The van der Waals surface area contributed by atoms with Crippen molar-refractivity contribution in [3.05, 3.63) is 35.6 Å². The molecule has 1 aliphatic rings. The van der Waals surface area contributed by atoms with Gasteiger partial charge in [0.1, 0.15) is 5.76 Å². The van der Waals surface area contributed by atoms with Crippen LogP contribution in [0.2, 0.25) is 0 Å². The molecule has 0 saturated heterocycles. The van der Waals surface area contributed by atoms with Crippen molar-refractivity contribution < 1.29 is 14.2 Å². The number of likely N-dealkylation sites (N-methyl/N-ethyl adjacent to an activating group) is 1. The van der Waals surface area contributed by atoms with Crippen molar-refractivity contribution in [2.45, 2.75) is 19.4 Å². The third-order valence-electron chi connectivity index (χ3n) is 3.17. The molecule has 1 unspecified atom stereocenters. The van der Waals surface area contributed by atoms with Crippen LogP contribution >= 0.6 is 0 Å². The summed E-state index contributed by atoms with van der Waals surface area (Å²) in [5, 5.41) is 3.44. The fourth-order valence-corrected chi connectivity index (χ4v) is 2.26. The van der Waals surface area contributed by atoms with Gasteiger partial charge in [0.15, 0.2) is 11.5 Å². The van der Waals surface area contributed by atoms with E-state index in [1.54, 1.807) is 14.2 Å². The summed E-state index contributed by atoms with van der Waals surface area (Å²) in [5.74, 6) is 2.47. The van der Waals surface area contributed by atoms with Crippen LogP contribution in [0.3, 0.4) is 0 Å². The Morgan fingerprint density at radius 2 is 2.05 bits per heavy atom. The van der Waals surface area contributed by atoms with Gasteiger partial charge in [-0.05, 0) is 30.3 Å². The average molecular weight is 263 g/mol. The smallest absolute Gasteiger partial charge is 0.161 e. The fraction of sp³-hybridized carbons (Fsp3) is 0.467. The Bertz CT molecular complexity index is 457. The largest absolute Gasteiger partial charge is 0.496 e. The van der Waals surface area contributed by atoms with Crippen LogP contribution in [0.15, 0.2) is 30.0 Å². The van der Waals surface area contributed by atoms with Gasteiger partial charge >= 0.3 is 0 Å². The molecule has 4 heteroatoms. The standard InChI is InChI=1S/C15H21NO3/c1-4-16-15(13-6-5-9-19-13)11-7-8-12(17-2)14(10-11)18-3/h6-8,10,15-16H,4-5,9H2,1-3H3. The Labute approximate surface area is 114 Å². The molecule has 4 nitrogen and oxygen atoms in total. The Morgan fingerprint density at radius 3 is 2.63 bits per heavy atom. The monoisotopic (exact) mass is 263 g/mol. The molecule has 1 aromatic rings. The molecular formula is C15H21NO3. The summed E-state index contributed by atoms with van der Waals surface area (Å²) >= 11 is 0. The van der Waals surface area contributed by atoms with Gasteiger partial charge in [-0.1, -0.05) is 13.0 Å². The predicted octanol–water partition coefficient (Wildman–Crippen LogP) is 2.66. The van der Waals surface area contributed by atoms with Crippen LogP contribution in [0, 0.1) is 0 Å². The fourth-order valence-electron chi connectivity index (χ4n) is 2.26. The third kappa shape index (κ3) is 3.01. The van der Waals surface area contributed by atoms with Gasteiger partial charge < -0.3 is 19.5 Å². The molecule has 0 bridgehead atoms. The second-order valence-corrected chi connectivity index (χ2v) is 4.35. The lowest BCUT2D eigenvalue weighted by atomic mass is 10.0. The summed E-state index contributed by atoms with van der Waals surface area (Å²) in [6.45, 7) is 3.73. The Balaban J connectivity index is 2.30. The number of hydrogen-bond donors (Lipinski definition) is 1. The van der Waals surface area contributed by atoms with E-state index in [1.807, 2.05) is 18.2 Å². The number of rotatable bonds is 6. The van der Waals surface area contributed by atoms with Crippen LogP contribution in [0.1, 0.15) is 24.9 Å². The minimum atomic E-state index is 0.0762. The third-order valence-corrected chi connectivity index (χ3v) is 3.17. The van der Waals surface area contributed by atoms with E-state index in [9.17, 15) is 0 Å². The molecule has 0 aliphatic carbocycles. The van der Waals surface area contributed by atoms with Crippen molar-refractivity contribution in [1.29, 1.82) is 0 Å². The first-order chi connectivity index (χ1) is 9.30. The van der Waals surface area contributed by atoms with Gasteiger partial charge in [0.05, 0.1) is 26.9 Å². The van der Waals surface area contributed by atoms with Crippen molar-refractivity contribution in [2.75, 3.05) is 27.4 Å². The van der Waals surface area contributed by atoms with Crippen molar-refractivity contribution >= 4 is 0 Å². The van der Waals surface area contributed by atoms with E-state index in [1.165, 1.54) is 0 Å². The van der Waals surface area contributed by atoms with Crippen LogP contribution in [-0.2, 0) is 4.74 Å². The van der Waals surface area contributed by atoms with Crippen LogP contribution in [-0.4, -0.2) is 27.4 Å².